The number of benzene rings is 1. The normalized spacial score (nSPS) is 10.5. The van der Waals surface area contributed by atoms with E-state index >= 15 is 0 Å². The number of rotatable bonds is 2. The van der Waals surface area contributed by atoms with E-state index in [0.717, 1.165) is 12.1 Å². The Labute approximate surface area is 67.1 Å². The van der Waals surface area contributed by atoms with E-state index in [1.54, 1.807) is 18.2 Å². The van der Waals surface area contributed by atoms with Crippen molar-refractivity contribution in [1.29, 1.82) is 0 Å². The van der Waals surface area contributed by atoms with Crippen LogP contribution in [0.5, 0.6) is 5.75 Å². The zero-order valence-corrected chi connectivity index (χ0v) is 6.83. The Hall–Kier alpha value is -1.02. The Balaban J connectivity index is 2.78. The molecule has 1 rings (SSSR count). The maximum absolute atomic E-state index is 9.30. The summed E-state index contributed by atoms with van der Waals surface area (Å²) in [5.41, 5.74) is 0.845. The van der Waals surface area contributed by atoms with Gasteiger partial charge in [-0.15, -0.1) is 0 Å². The summed E-state index contributed by atoms with van der Waals surface area (Å²) in [5.74, 6) is 0.321. The number of hydrogen-bond acceptors (Lipinski definition) is 2. The summed E-state index contributed by atoms with van der Waals surface area (Å²) in [5, 5.41) is 9.30. The minimum absolute atomic E-state index is 0.321. The first-order chi connectivity index (χ1) is 5.20. The molecule has 1 N–H and O–H groups in total. The molecule has 0 aliphatic rings. The Morgan fingerprint density at radius 1 is 1.55 bits per heavy atom. The molecule has 0 aromatic heterocycles. The third-order valence-corrected chi connectivity index (χ3v) is 1.39. The second-order valence-electron chi connectivity index (χ2n) is 2.77. The van der Waals surface area contributed by atoms with Crippen LogP contribution in [-0.4, -0.2) is 24.1 Å². The van der Waals surface area contributed by atoms with E-state index in [1.165, 1.54) is 0 Å². The Morgan fingerprint density at radius 3 is 2.82 bits per heavy atom. The molecule has 2 nitrogen and oxygen atoms in total. The van der Waals surface area contributed by atoms with Crippen LogP contribution in [0.2, 0.25) is 0 Å². The molecule has 0 aliphatic carbocycles. The summed E-state index contributed by atoms with van der Waals surface area (Å²) in [7, 11) is 3.92. The molecule has 0 heterocycles. The van der Waals surface area contributed by atoms with E-state index in [4.69, 9.17) is 0 Å². The lowest BCUT2D eigenvalue weighted by Crippen LogP contribution is -2.10. The number of phenolic OH excluding ortho intramolecular Hbond substituents is 1. The highest BCUT2D eigenvalue weighted by Gasteiger charge is 1.99. The lowest BCUT2D eigenvalue weighted by Gasteiger charge is -2.09. The van der Waals surface area contributed by atoms with Crippen LogP contribution >= 0.6 is 0 Å². The van der Waals surface area contributed by atoms with Gasteiger partial charge in [0.25, 0.3) is 0 Å². The smallest absolute Gasteiger partial charge is 0.120 e. The molecule has 1 aromatic carbocycles. The average Bonchev–Trinajstić information content (AvgIpc) is 1.93. The van der Waals surface area contributed by atoms with Crippen LogP contribution in [0.1, 0.15) is 5.56 Å². The molecular weight excluding hydrogens is 138 g/mol. The highest BCUT2D eigenvalue weighted by molar-refractivity contribution is 5.30. The van der Waals surface area contributed by atoms with Gasteiger partial charge in [0.05, 0.1) is 0 Å². The summed E-state index contributed by atoms with van der Waals surface area (Å²) >= 11 is 0. The average molecular weight is 150 g/mol. The van der Waals surface area contributed by atoms with Gasteiger partial charge < -0.3 is 10.0 Å². The molecular formula is C9H12NO. The lowest BCUT2D eigenvalue weighted by atomic mass is 10.2. The van der Waals surface area contributed by atoms with Crippen molar-refractivity contribution >= 4 is 0 Å². The highest BCUT2D eigenvalue weighted by Crippen LogP contribution is 2.15. The van der Waals surface area contributed by atoms with E-state index < -0.39 is 0 Å². The second-order valence-corrected chi connectivity index (χ2v) is 2.77. The van der Waals surface area contributed by atoms with Gasteiger partial charge in [-0.3, -0.25) is 0 Å². The van der Waals surface area contributed by atoms with Crippen LogP contribution in [0.15, 0.2) is 18.2 Å². The molecule has 0 amide bonds. The molecule has 0 spiro atoms. The maximum Gasteiger partial charge on any atom is 0.120 e. The zero-order chi connectivity index (χ0) is 8.27. The van der Waals surface area contributed by atoms with Crippen molar-refractivity contribution in [1.82, 2.24) is 4.90 Å². The van der Waals surface area contributed by atoms with E-state index in [2.05, 4.69) is 6.07 Å². The van der Waals surface area contributed by atoms with E-state index in [-0.39, 0.29) is 0 Å². The number of phenols is 1. The molecule has 0 aliphatic heterocycles. The van der Waals surface area contributed by atoms with Gasteiger partial charge in [0, 0.05) is 12.1 Å². The van der Waals surface area contributed by atoms with Gasteiger partial charge in [-0.05, 0) is 26.2 Å². The fraction of sp³-hybridized carbons (Fsp3) is 0.333. The van der Waals surface area contributed by atoms with Crippen molar-refractivity contribution in [2.75, 3.05) is 14.1 Å². The van der Waals surface area contributed by atoms with Crippen LogP contribution in [0.25, 0.3) is 0 Å². The number of nitrogens with zero attached hydrogens (tertiary/aromatic N) is 1. The molecule has 1 radical (unpaired) electrons. The summed E-state index contributed by atoms with van der Waals surface area (Å²) in [6.45, 7) is 0.729. The summed E-state index contributed by atoms with van der Waals surface area (Å²) in [4.78, 5) is 1.99. The van der Waals surface area contributed by atoms with Crippen LogP contribution in [0.4, 0.5) is 0 Å². The quantitative estimate of drug-likeness (QED) is 0.686. The fourth-order valence-electron chi connectivity index (χ4n) is 0.905. The molecule has 0 fully saturated rings. The van der Waals surface area contributed by atoms with Crippen molar-refractivity contribution in [3.63, 3.8) is 0 Å². The molecule has 2 heteroatoms. The van der Waals surface area contributed by atoms with Crippen molar-refractivity contribution < 1.29 is 5.11 Å². The van der Waals surface area contributed by atoms with E-state index in [0.29, 0.717) is 5.75 Å². The maximum atomic E-state index is 9.30. The molecule has 0 saturated carbocycles. The van der Waals surface area contributed by atoms with Gasteiger partial charge in [-0.1, -0.05) is 12.1 Å². The summed E-state index contributed by atoms with van der Waals surface area (Å²) in [6, 6.07) is 8.23. The molecule has 59 valence electrons. The zero-order valence-electron chi connectivity index (χ0n) is 6.83. The monoisotopic (exact) mass is 150 g/mol. The predicted octanol–water partition coefficient (Wildman–Crippen LogP) is 1.25. The molecule has 0 unspecified atom stereocenters. The first kappa shape index (κ1) is 8.08. The van der Waals surface area contributed by atoms with Crippen molar-refractivity contribution in [2.24, 2.45) is 0 Å². The molecule has 1 aromatic rings. The van der Waals surface area contributed by atoms with Crippen LogP contribution in [0, 0.1) is 6.07 Å². The van der Waals surface area contributed by atoms with Gasteiger partial charge in [-0.25, -0.2) is 0 Å². The van der Waals surface area contributed by atoms with Gasteiger partial charge in [0.2, 0.25) is 0 Å². The van der Waals surface area contributed by atoms with Gasteiger partial charge >= 0.3 is 0 Å². The van der Waals surface area contributed by atoms with Crippen molar-refractivity contribution in [3.05, 3.63) is 29.8 Å². The van der Waals surface area contributed by atoms with Crippen LogP contribution < -0.4 is 0 Å². The second kappa shape index (κ2) is 3.39. The molecule has 0 saturated heterocycles. The molecule has 0 atom stereocenters. The SMILES string of the molecule is CN(C)Cc1[c]cccc1O. The molecule has 0 bridgehead atoms. The first-order valence-electron chi connectivity index (χ1n) is 3.53. The Bertz CT molecular complexity index is 233. The Kier molecular flexibility index (Phi) is 2.49. The Morgan fingerprint density at radius 2 is 2.27 bits per heavy atom. The van der Waals surface area contributed by atoms with Crippen LogP contribution in [-0.2, 0) is 6.54 Å². The van der Waals surface area contributed by atoms with Crippen molar-refractivity contribution in [2.45, 2.75) is 6.54 Å². The van der Waals surface area contributed by atoms with Crippen molar-refractivity contribution in [3.8, 4) is 5.75 Å². The van der Waals surface area contributed by atoms with Crippen LogP contribution in [0.3, 0.4) is 0 Å². The minimum Gasteiger partial charge on any atom is -0.508 e. The predicted molar refractivity (Wildman–Crippen MR) is 44.3 cm³/mol. The van der Waals surface area contributed by atoms with E-state index in [1.807, 2.05) is 19.0 Å². The number of hydrogen-bond donors (Lipinski definition) is 1. The first-order valence-corrected chi connectivity index (χ1v) is 3.53. The summed E-state index contributed by atoms with van der Waals surface area (Å²) < 4.78 is 0. The lowest BCUT2D eigenvalue weighted by molar-refractivity contribution is 0.385. The molecule has 11 heavy (non-hydrogen) atoms. The fourth-order valence-corrected chi connectivity index (χ4v) is 0.905. The minimum atomic E-state index is 0.321. The number of aromatic hydroxyl groups is 1. The largest absolute Gasteiger partial charge is 0.508 e. The van der Waals surface area contributed by atoms with Gasteiger partial charge in [-0.2, -0.15) is 0 Å². The third-order valence-electron chi connectivity index (χ3n) is 1.39. The highest BCUT2D eigenvalue weighted by atomic mass is 16.3. The third kappa shape index (κ3) is 2.24. The van der Waals surface area contributed by atoms with E-state index in [9.17, 15) is 5.11 Å². The van der Waals surface area contributed by atoms with Gasteiger partial charge in [0.1, 0.15) is 5.75 Å². The topological polar surface area (TPSA) is 23.5 Å². The summed E-state index contributed by atoms with van der Waals surface area (Å²) in [6.07, 6.45) is 0. The van der Waals surface area contributed by atoms with Gasteiger partial charge in [0.15, 0.2) is 0 Å². The standard InChI is InChI=1S/C9H12NO/c1-10(2)7-8-5-3-4-6-9(8)11/h3-4,6,11H,7H2,1-2H3.